The van der Waals surface area contributed by atoms with E-state index in [1.807, 2.05) is 29.2 Å². The second kappa shape index (κ2) is 6.34. The highest BCUT2D eigenvalue weighted by Gasteiger charge is 2.25. The normalized spacial score (nSPS) is 19.9. The van der Waals surface area contributed by atoms with Crippen molar-refractivity contribution in [3.8, 4) is 0 Å². The van der Waals surface area contributed by atoms with Gasteiger partial charge in [0.15, 0.2) is 0 Å². The molecule has 0 saturated carbocycles. The highest BCUT2D eigenvalue weighted by molar-refractivity contribution is 9.10. The third-order valence-electron chi connectivity index (χ3n) is 3.52. The lowest BCUT2D eigenvalue weighted by Gasteiger charge is -2.35. The van der Waals surface area contributed by atoms with Gasteiger partial charge in [-0.2, -0.15) is 0 Å². The summed E-state index contributed by atoms with van der Waals surface area (Å²) in [5.74, 6) is 0.192. The predicted molar refractivity (Wildman–Crippen MR) is 76.3 cm³/mol. The third kappa shape index (κ3) is 3.12. The monoisotopic (exact) mass is 310 g/mol. The molecular weight excluding hydrogens is 292 g/mol. The third-order valence-corrected chi connectivity index (χ3v) is 4.29. The number of hydrogen-bond acceptors (Lipinski definition) is 2. The van der Waals surface area contributed by atoms with Crippen molar-refractivity contribution in [2.24, 2.45) is 5.73 Å². The minimum Gasteiger partial charge on any atom is -0.338 e. The number of nitrogens with zero attached hydrogens (tertiary/aromatic N) is 1. The average molecular weight is 311 g/mol. The fraction of sp³-hybridized carbons (Fsp3) is 0.500. The van der Waals surface area contributed by atoms with E-state index in [4.69, 9.17) is 5.73 Å². The number of piperidine rings is 1. The van der Waals surface area contributed by atoms with Crippen LogP contribution in [0.25, 0.3) is 0 Å². The Hall–Kier alpha value is -0.870. The van der Waals surface area contributed by atoms with Crippen molar-refractivity contribution < 1.29 is 4.79 Å². The van der Waals surface area contributed by atoms with Crippen molar-refractivity contribution in [2.45, 2.75) is 31.7 Å². The number of carbonyl (C=O) groups excluding carboxylic acids is 1. The van der Waals surface area contributed by atoms with Crippen LogP contribution in [0, 0.1) is 0 Å². The van der Waals surface area contributed by atoms with Gasteiger partial charge in [0.2, 0.25) is 5.91 Å². The van der Waals surface area contributed by atoms with E-state index in [1.54, 1.807) is 0 Å². The second-order valence-electron chi connectivity index (χ2n) is 4.74. The standard InChI is InChI=1S/C14H19BrN2O/c15-13-7-2-1-5-11(13)9-14(18)17-8-4-3-6-12(17)10-16/h1-2,5,7,12H,3-4,6,8-10,16H2/t12-/m1/s1. The fourth-order valence-electron chi connectivity index (χ4n) is 2.48. The molecule has 1 aromatic rings. The van der Waals surface area contributed by atoms with Gasteiger partial charge >= 0.3 is 0 Å². The molecule has 0 aliphatic carbocycles. The van der Waals surface area contributed by atoms with Crippen LogP contribution in [0.15, 0.2) is 28.7 Å². The molecule has 1 aliphatic heterocycles. The first-order valence-corrected chi connectivity index (χ1v) is 7.24. The second-order valence-corrected chi connectivity index (χ2v) is 5.59. The molecule has 3 nitrogen and oxygen atoms in total. The van der Waals surface area contributed by atoms with Crippen LogP contribution in [0.2, 0.25) is 0 Å². The molecule has 0 bridgehead atoms. The molecule has 1 fully saturated rings. The van der Waals surface area contributed by atoms with Gasteiger partial charge in [0, 0.05) is 23.6 Å². The van der Waals surface area contributed by atoms with Gasteiger partial charge in [0.05, 0.1) is 6.42 Å². The smallest absolute Gasteiger partial charge is 0.227 e. The first-order valence-electron chi connectivity index (χ1n) is 6.45. The van der Waals surface area contributed by atoms with Gasteiger partial charge in [-0.3, -0.25) is 4.79 Å². The first kappa shape index (κ1) is 13.6. The van der Waals surface area contributed by atoms with E-state index < -0.39 is 0 Å². The molecule has 0 radical (unpaired) electrons. The molecule has 1 amide bonds. The minimum atomic E-state index is 0.192. The van der Waals surface area contributed by atoms with Crippen LogP contribution in [0.1, 0.15) is 24.8 Å². The summed E-state index contributed by atoms with van der Waals surface area (Å²) in [6.45, 7) is 1.42. The maximum atomic E-state index is 12.3. The zero-order chi connectivity index (χ0) is 13.0. The molecule has 1 aromatic carbocycles. The number of rotatable bonds is 3. The van der Waals surface area contributed by atoms with E-state index in [0.29, 0.717) is 13.0 Å². The maximum absolute atomic E-state index is 12.3. The van der Waals surface area contributed by atoms with Gasteiger partial charge < -0.3 is 10.6 Å². The Morgan fingerprint density at radius 1 is 1.39 bits per heavy atom. The quantitative estimate of drug-likeness (QED) is 0.931. The van der Waals surface area contributed by atoms with E-state index in [2.05, 4.69) is 15.9 Å². The molecule has 1 atom stereocenters. The van der Waals surface area contributed by atoms with Gasteiger partial charge in [-0.25, -0.2) is 0 Å². The maximum Gasteiger partial charge on any atom is 0.227 e. The molecule has 1 saturated heterocycles. The zero-order valence-electron chi connectivity index (χ0n) is 10.4. The van der Waals surface area contributed by atoms with Gasteiger partial charge in [0.25, 0.3) is 0 Å². The number of likely N-dealkylation sites (tertiary alicyclic amines) is 1. The Balaban J connectivity index is 2.05. The Labute approximate surface area is 116 Å². The first-order chi connectivity index (χ1) is 8.72. The van der Waals surface area contributed by atoms with Gasteiger partial charge in [0.1, 0.15) is 0 Å². The van der Waals surface area contributed by atoms with Crippen LogP contribution in [-0.2, 0) is 11.2 Å². The fourth-order valence-corrected chi connectivity index (χ4v) is 2.91. The molecule has 0 unspecified atom stereocenters. The van der Waals surface area contributed by atoms with Crippen molar-refractivity contribution in [3.63, 3.8) is 0 Å². The molecule has 2 N–H and O–H groups in total. The number of nitrogens with two attached hydrogens (primary N) is 1. The number of amides is 1. The minimum absolute atomic E-state index is 0.192. The van der Waals surface area contributed by atoms with E-state index in [-0.39, 0.29) is 11.9 Å². The van der Waals surface area contributed by atoms with Gasteiger partial charge in [-0.15, -0.1) is 0 Å². The van der Waals surface area contributed by atoms with E-state index in [1.165, 1.54) is 6.42 Å². The van der Waals surface area contributed by atoms with Gasteiger partial charge in [-0.05, 0) is 30.9 Å². The molecule has 98 valence electrons. The molecular formula is C14H19BrN2O. The lowest BCUT2D eigenvalue weighted by molar-refractivity contribution is -0.133. The average Bonchev–Trinajstić information content (AvgIpc) is 2.41. The van der Waals surface area contributed by atoms with Crippen LogP contribution >= 0.6 is 15.9 Å². The summed E-state index contributed by atoms with van der Waals surface area (Å²) in [7, 11) is 0. The molecule has 0 aromatic heterocycles. The predicted octanol–water partition coefficient (Wildman–Crippen LogP) is 2.33. The number of halogens is 1. The molecule has 2 rings (SSSR count). The number of benzene rings is 1. The Morgan fingerprint density at radius 3 is 2.89 bits per heavy atom. The molecule has 1 aliphatic rings. The Bertz CT molecular complexity index is 422. The van der Waals surface area contributed by atoms with Crippen molar-refractivity contribution in [1.82, 2.24) is 4.90 Å². The zero-order valence-corrected chi connectivity index (χ0v) is 12.0. The molecule has 1 heterocycles. The summed E-state index contributed by atoms with van der Waals surface area (Å²) in [6.07, 6.45) is 3.77. The highest BCUT2D eigenvalue weighted by Crippen LogP contribution is 2.20. The summed E-state index contributed by atoms with van der Waals surface area (Å²) < 4.78 is 1.000. The summed E-state index contributed by atoms with van der Waals surface area (Å²) in [4.78, 5) is 14.3. The van der Waals surface area contributed by atoms with Crippen molar-refractivity contribution >= 4 is 21.8 Å². The largest absolute Gasteiger partial charge is 0.338 e. The summed E-state index contributed by atoms with van der Waals surface area (Å²) in [5.41, 5.74) is 6.80. The Morgan fingerprint density at radius 2 is 2.17 bits per heavy atom. The van der Waals surface area contributed by atoms with E-state index in [9.17, 15) is 4.79 Å². The van der Waals surface area contributed by atoms with Crippen molar-refractivity contribution in [1.29, 1.82) is 0 Å². The molecule has 4 heteroatoms. The van der Waals surface area contributed by atoms with Crippen LogP contribution in [0.4, 0.5) is 0 Å². The van der Waals surface area contributed by atoms with Gasteiger partial charge in [-0.1, -0.05) is 34.1 Å². The summed E-state index contributed by atoms with van der Waals surface area (Å²) in [6, 6.07) is 8.11. The van der Waals surface area contributed by atoms with Crippen LogP contribution in [0.5, 0.6) is 0 Å². The lowest BCUT2D eigenvalue weighted by Crippen LogP contribution is -2.48. The SMILES string of the molecule is NC[C@H]1CCCCN1C(=O)Cc1ccccc1Br. The highest BCUT2D eigenvalue weighted by atomic mass is 79.9. The molecule has 18 heavy (non-hydrogen) atoms. The van der Waals surface area contributed by atoms with Crippen LogP contribution in [-0.4, -0.2) is 29.9 Å². The molecule has 0 spiro atoms. The number of carbonyl (C=O) groups is 1. The lowest BCUT2D eigenvalue weighted by atomic mass is 10.0. The summed E-state index contributed by atoms with van der Waals surface area (Å²) in [5, 5.41) is 0. The topological polar surface area (TPSA) is 46.3 Å². The Kier molecular flexibility index (Phi) is 4.78. The van der Waals surface area contributed by atoms with Crippen LogP contribution < -0.4 is 5.73 Å². The van der Waals surface area contributed by atoms with E-state index in [0.717, 1.165) is 29.4 Å². The van der Waals surface area contributed by atoms with Crippen molar-refractivity contribution in [3.05, 3.63) is 34.3 Å². The number of hydrogen-bond donors (Lipinski definition) is 1. The van der Waals surface area contributed by atoms with Crippen molar-refractivity contribution in [2.75, 3.05) is 13.1 Å². The van der Waals surface area contributed by atoms with E-state index >= 15 is 0 Å². The van der Waals surface area contributed by atoms with Crippen LogP contribution in [0.3, 0.4) is 0 Å². The summed E-state index contributed by atoms with van der Waals surface area (Å²) >= 11 is 3.49.